The number of aromatic nitrogens is 4. The molecule has 0 saturated carbocycles. The molecular weight excluding hydrogens is 306 g/mol. The molecule has 1 atom stereocenters. The van der Waals surface area contributed by atoms with Gasteiger partial charge in [-0.3, -0.25) is 0 Å². The topological polar surface area (TPSA) is 98.4 Å². The van der Waals surface area contributed by atoms with Gasteiger partial charge in [0.05, 0.1) is 17.2 Å². The van der Waals surface area contributed by atoms with Gasteiger partial charge in [-0.25, -0.2) is 18.9 Å². The summed E-state index contributed by atoms with van der Waals surface area (Å²) in [6, 6.07) is 0. The number of nitrogens with zero attached hydrogens (tertiary/aromatic N) is 4. The van der Waals surface area contributed by atoms with Crippen molar-refractivity contribution in [2.45, 2.75) is 25.8 Å². The van der Waals surface area contributed by atoms with Gasteiger partial charge in [0.25, 0.3) is 0 Å². The minimum atomic E-state index is -0.228. The highest BCUT2D eigenvalue weighted by Gasteiger charge is 2.17. The van der Waals surface area contributed by atoms with Crippen LogP contribution in [0.2, 0.25) is 0 Å². The van der Waals surface area contributed by atoms with Crippen LogP contribution in [-0.4, -0.2) is 30.9 Å². The third-order valence-electron chi connectivity index (χ3n) is 4.51. The van der Waals surface area contributed by atoms with Crippen molar-refractivity contribution in [3.63, 3.8) is 0 Å². The van der Waals surface area contributed by atoms with Crippen molar-refractivity contribution >= 4 is 23.6 Å². The Labute approximate surface area is 137 Å². The number of hydrogen-bond donors (Lipinski definition) is 2. The minimum Gasteiger partial charge on any atom is -0.396 e. The van der Waals surface area contributed by atoms with E-state index in [1.807, 2.05) is 24.3 Å². The lowest BCUT2D eigenvalue weighted by Gasteiger charge is -2.10. The van der Waals surface area contributed by atoms with Gasteiger partial charge in [-0.15, -0.1) is 5.10 Å². The fourth-order valence-electron chi connectivity index (χ4n) is 3.21. The van der Waals surface area contributed by atoms with E-state index in [1.165, 1.54) is 9.08 Å². The summed E-state index contributed by atoms with van der Waals surface area (Å²) in [7, 11) is 0. The summed E-state index contributed by atoms with van der Waals surface area (Å²) in [5, 5.41) is 15.1. The maximum atomic E-state index is 12.9. The van der Waals surface area contributed by atoms with Gasteiger partial charge < -0.3 is 10.8 Å². The molecular formula is C17H19N5O2. The van der Waals surface area contributed by atoms with Crippen LogP contribution in [0.5, 0.6) is 0 Å². The Bertz CT molecular complexity index is 1040. The molecule has 0 radical (unpaired) electrons. The predicted octanol–water partition coefficient (Wildman–Crippen LogP) is -0.677. The molecule has 2 heterocycles. The average Bonchev–Trinajstić information content (AvgIpc) is 2.93. The Morgan fingerprint density at radius 1 is 1.42 bits per heavy atom. The molecule has 4 rings (SSSR count). The van der Waals surface area contributed by atoms with Crippen LogP contribution in [0.4, 0.5) is 5.82 Å². The molecule has 0 fully saturated rings. The van der Waals surface area contributed by atoms with Gasteiger partial charge in [-0.2, -0.15) is 0 Å². The number of hydrogen-bond acceptors (Lipinski definition) is 5. The highest BCUT2D eigenvalue weighted by atomic mass is 16.3. The van der Waals surface area contributed by atoms with Crippen molar-refractivity contribution in [2.75, 3.05) is 12.3 Å². The Hall–Kier alpha value is -2.67. The van der Waals surface area contributed by atoms with Crippen LogP contribution in [0.1, 0.15) is 19.3 Å². The van der Waals surface area contributed by atoms with Gasteiger partial charge in [0.1, 0.15) is 0 Å². The number of aliphatic hydroxyl groups is 1. The standard InChI is InChI=1S/C17H19N5O2/c18-15-16-20-21(9-11-4-2-1-3-5-11)17(24)22(16)14-8-12(10-23)6-7-13(14)19-15/h1-2,4,7-8,12,23H,3,5-6,9-10H2,(H2,18,19). The van der Waals surface area contributed by atoms with E-state index in [0.717, 1.165) is 18.4 Å². The van der Waals surface area contributed by atoms with Crippen LogP contribution < -0.4 is 22.1 Å². The first-order chi connectivity index (χ1) is 11.7. The van der Waals surface area contributed by atoms with Crippen molar-refractivity contribution in [1.29, 1.82) is 0 Å². The van der Waals surface area contributed by atoms with Crippen LogP contribution in [0.3, 0.4) is 0 Å². The molecule has 3 N–H and O–H groups in total. The number of rotatable bonds is 3. The molecule has 2 aromatic rings. The Balaban J connectivity index is 1.93. The van der Waals surface area contributed by atoms with E-state index in [0.29, 0.717) is 29.3 Å². The molecule has 0 aliphatic heterocycles. The molecule has 7 heteroatoms. The lowest BCUT2D eigenvalue weighted by molar-refractivity contribution is 0.262. The van der Waals surface area contributed by atoms with E-state index in [2.05, 4.69) is 16.2 Å². The summed E-state index contributed by atoms with van der Waals surface area (Å²) in [5.41, 5.74) is 7.31. The molecule has 0 bridgehead atoms. The third kappa shape index (κ3) is 2.37. The molecule has 0 amide bonds. The second-order valence-electron chi connectivity index (χ2n) is 6.21. The molecule has 2 aliphatic carbocycles. The normalized spacial score (nSPS) is 19.5. The summed E-state index contributed by atoms with van der Waals surface area (Å²) in [6.45, 7) is 0.482. The molecule has 0 aromatic carbocycles. The molecule has 2 aliphatic rings. The minimum absolute atomic E-state index is 0.0208. The zero-order valence-corrected chi connectivity index (χ0v) is 13.2. The van der Waals surface area contributed by atoms with Gasteiger partial charge >= 0.3 is 5.69 Å². The zero-order valence-electron chi connectivity index (χ0n) is 13.2. The fraction of sp³-hybridized carbons (Fsp3) is 0.353. The first-order valence-corrected chi connectivity index (χ1v) is 8.10. The summed E-state index contributed by atoms with van der Waals surface area (Å²) >= 11 is 0. The number of allylic oxidation sites excluding steroid dienone is 4. The summed E-state index contributed by atoms with van der Waals surface area (Å²) in [6.07, 6.45) is 12.5. The van der Waals surface area contributed by atoms with E-state index in [4.69, 9.17) is 5.73 Å². The van der Waals surface area contributed by atoms with Crippen LogP contribution in [-0.2, 0) is 6.54 Å². The van der Waals surface area contributed by atoms with E-state index < -0.39 is 0 Å². The SMILES string of the molecule is Nc1nc2c(n3c(=O)n(CC4=CC=CCC4)nc13)=CC(CO)CC=2. The fourth-order valence-corrected chi connectivity index (χ4v) is 3.21. The quantitative estimate of drug-likeness (QED) is 0.779. The number of anilines is 1. The van der Waals surface area contributed by atoms with Gasteiger partial charge in [0.2, 0.25) is 5.65 Å². The molecule has 0 saturated heterocycles. The van der Waals surface area contributed by atoms with Crippen LogP contribution >= 0.6 is 0 Å². The average molecular weight is 325 g/mol. The number of fused-ring (bicyclic) bond motifs is 3. The van der Waals surface area contributed by atoms with Gasteiger partial charge in [-0.1, -0.05) is 30.4 Å². The van der Waals surface area contributed by atoms with Crippen LogP contribution in [0.25, 0.3) is 17.8 Å². The van der Waals surface area contributed by atoms with Crippen LogP contribution in [0.15, 0.2) is 28.6 Å². The molecule has 24 heavy (non-hydrogen) atoms. The first kappa shape index (κ1) is 14.9. The molecule has 1 unspecified atom stereocenters. The third-order valence-corrected chi connectivity index (χ3v) is 4.51. The van der Waals surface area contributed by atoms with E-state index in [9.17, 15) is 9.90 Å². The maximum absolute atomic E-state index is 12.9. The van der Waals surface area contributed by atoms with Gasteiger partial charge in [-0.05, 0) is 24.8 Å². The summed E-state index contributed by atoms with van der Waals surface area (Å²) < 4.78 is 2.95. The summed E-state index contributed by atoms with van der Waals surface area (Å²) in [5.74, 6) is 0.224. The number of nitrogen functional groups attached to an aromatic ring is 1. The molecule has 7 nitrogen and oxygen atoms in total. The van der Waals surface area contributed by atoms with Gasteiger partial charge in [0, 0.05) is 12.5 Å². The second kappa shape index (κ2) is 5.76. The highest BCUT2D eigenvalue weighted by molar-refractivity contribution is 5.59. The van der Waals surface area contributed by atoms with Gasteiger partial charge in [0.15, 0.2) is 5.82 Å². The lowest BCUT2D eigenvalue weighted by atomic mass is 10.0. The first-order valence-electron chi connectivity index (χ1n) is 8.10. The van der Waals surface area contributed by atoms with Crippen molar-refractivity contribution in [2.24, 2.45) is 5.92 Å². The van der Waals surface area contributed by atoms with Crippen molar-refractivity contribution in [3.05, 3.63) is 45.0 Å². The van der Waals surface area contributed by atoms with E-state index >= 15 is 0 Å². The van der Waals surface area contributed by atoms with E-state index in [1.54, 1.807) is 0 Å². The Morgan fingerprint density at radius 2 is 2.29 bits per heavy atom. The zero-order chi connectivity index (χ0) is 16.7. The lowest BCUT2D eigenvalue weighted by Crippen LogP contribution is -2.43. The Kier molecular flexibility index (Phi) is 3.57. The predicted molar refractivity (Wildman–Crippen MR) is 91.5 cm³/mol. The maximum Gasteiger partial charge on any atom is 0.351 e. The Morgan fingerprint density at radius 3 is 3.04 bits per heavy atom. The highest BCUT2D eigenvalue weighted by Crippen LogP contribution is 2.13. The number of aliphatic hydroxyl groups excluding tert-OH is 1. The van der Waals surface area contributed by atoms with Crippen molar-refractivity contribution in [1.82, 2.24) is 19.2 Å². The monoisotopic (exact) mass is 325 g/mol. The largest absolute Gasteiger partial charge is 0.396 e. The van der Waals surface area contributed by atoms with Crippen molar-refractivity contribution < 1.29 is 5.11 Å². The summed E-state index contributed by atoms with van der Waals surface area (Å²) in [4.78, 5) is 17.2. The number of nitrogens with two attached hydrogens (primary N) is 1. The van der Waals surface area contributed by atoms with Crippen molar-refractivity contribution in [3.8, 4) is 0 Å². The second-order valence-corrected chi connectivity index (χ2v) is 6.21. The molecule has 124 valence electrons. The van der Waals surface area contributed by atoms with Crippen LogP contribution in [0, 0.1) is 5.92 Å². The smallest absolute Gasteiger partial charge is 0.351 e. The molecule has 0 spiro atoms. The van der Waals surface area contributed by atoms with E-state index in [-0.39, 0.29) is 24.0 Å². The molecule has 2 aromatic heterocycles.